The van der Waals surface area contributed by atoms with Crippen LogP contribution in [-0.4, -0.2) is 8.42 Å². The van der Waals surface area contributed by atoms with Crippen molar-refractivity contribution in [2.24, 2.45) is 0 Å². The zero-order valence-corrected chi connectivity index (χ0v) is 7.47. The molecule has 0 saturated heterocycles. The Morgan fingerprint density at radius 2 is 2.08 bits per heavy atom. The normalized spacial score (nSPS) is 11.4. The smallest absolute Gasteiger partial charge is 0.312 e. The molecule has 0 amide bonds. The zero-order chi connectivity index (χ0) is 9.19. The van der Waals surface area contributed by atoms with Crippen molar-refractivity contribution in [1.82, 2.24) is 0 Å². The summed E-state index contributed by atoms with van der Waals surface area (Å²) in [7, 11) is -3.84. The molecular formula is C6H6ClNO3S. The summed E-state index contributed by atoms with van der Waals surface area (Å²) in [6.45, 7) is 0. The Hall–Kier alpha value is -0.780. The number of benzene rings is 1. The van der Waals surface area contributed by atoms with Gasteiger partial charge in [0.2, 0.25) is 0 Å². The zero-order valence-electron chi connectivity index (χ0n) is 5.90. The molecule has 0 aliphatic heterocycles. The van der Waals surface area contributed by atoms with Crippen LogP contribution in [0.25, 0.3) is 0 Å². The predicted molar refractivity (Wildman–Crippen MR) is 45.0 cm³/mol. The van der Waals surface area contributed by atoms with E-state index in [1.54, 1.807) is 6.07 Å². The number of hydrogen-bond donors (Lipinski definition) is 1. The van der Waals surface area contributed by atoms with Crippen molar-refractivity contribution in [3.05, 3.63) is 24.3 Å². The molecule has 1 aromatic carbocycles. The molecule has 1 aromatic rings. The highest BCUT2D eigenvalue weighted by molar-refractivity contribution is 7.87. The Kier molecular flexibility index (Phi) is 2.56. The second-order valence-corrected chi connectivity index (χ2v) is 3.97. The van der Waals surface area contributed by atoms with E-state index in [-0.39, 0.29) is 4.90 Å². The first kappa shape index (κ1) is 9.31. The molecule has 0 radical (unpaired) electrons. The van der Waals surface area contributed by atoms with Gasteiger partial charge in [0.05, 0.1) is 16.8 Å². The van der Waals surface area contributed by atoms with Crippen LogP contribution in [0.1, 0.15) is 0 Å². The van der Waals surface area contributed by atoms with Gasteiger partial charge in [-0.15, -0.1) is 0 Å². The number of rotatable bonds is 2. The van der Waals surface area contributed by atoms with Crippen molar-refractivity contribution in [3.8, 4) is 0 Å². The number of hydrogen-bond acceptors (Lipinski definition) is 4. The van der Waals surface area contributed by atoms with E-state index >= 15 is 0 Å². The summed E-state index contributed by atoms with van der Waals surface area (Å²) >= 11 is 4.75. The third kappa shape index (κ3) is 1.88. The first-order valence-corrected chi connectivity index (χ1v) is 4.69. The first-order chi connectivity index (χ1) is 5.56. The summed E-state index contributed by atoms with van der Waals surface area (Å²) in [4.78, 5) is -0.0579. The van der Waals surface area contributed by atoms with E-state index in [1.165, 1.54) is 18.2 Å². The van der Waals surface area contributed by atoms with E-state index in [0.29, 0.717) is 5.69 Å². The van der Waals surface area contributed by atoms with Gasteiger partial charge in [-0.3, -0.25) is 0 Å². The van der Waals surface area contributed by atoms with E-state index in [4.69, 9.17) is 17.6 Å². The van der Waals surface area contributed by atoms with Crippen LogP contribution in [0.2, 0.25) is 0 Å². The molecule has 0 fully saturated rings. The van der Waals surface area contributed by atoms with Gasteiger partial charge in [-0.25, -0.2) is 0 Å². The molecule has 0 heterocycles. The molecule has 0 bridgehead atoms. The third-order valence-corrected chi connectivity index (χ3v) is 2.72. The Morgan fingerprint density at radius 1 is 1.42 bits per heavy atom. The van der Waals surface area contributed by atoms with E-state index in [0.717, 1.165) is 0 Å². The highest BCUT2D eigenvalue weighted by Gasteiger charge is 2.13. The molecule has 12 heavy (non-hydrogen) atoms. The molecule has 0 aliphatic rings. The quantitative estimate of drug-likeness (QED) is 0.738. The second kappa shape index (κ2) is 3.30. The number of anilines is 1. The van der Waals surface area contributed by atoms with Gasteiger partial charge in [-0.2, -0.15) is 12.2 Å². The molecular weight excluding hydrogens is 202 g/mol. The van der Waals surface area contributed by atoms with Crippen LogP contribution in [0.3, 0.4) is 0 Å². The summed E-state index contributed by atoms with van der Waals surface area (Å²) in [5.41, 5.74) is 5.68. The minimum Gasteiger partial charge on any atom is -0.399 e. The highest BCUT2D eigenvalue weighted by atomic mass is 35.5. The van der Waals surface area contributed by atoms with Crippen LogP contribution in [0.5, 0.6) is 0 Å². The number of nitrogens with two attached hydrogens (primary N) is 1. The Bertz CT molecular complexity index is 376. The van der Waals surface area contributed by atoms with Gasteiger partial charge in [0.25, 0.3) is 0 Å². The number of nitrogen functional groups attached to an aromatic ring is 1. The van der Waals surface area contributed by atoms with E-state index in [1.807, 2.05) is 0 Å². The van der Waals surface area contributed by atoms with Crippen LogP contribution in [0.4, 0.5) is 5.69 Å². The molecule has 0 atom stereocenters. The minimum absolute atomic E-state index is 0.0579. The van der Waals surface area contributed by atoms with Crippen molar-refractivity contribution >= 4 is 27.7 Å². The predicted octanol–water partition coefficient (Wildman–Crippen LogP) is 1.13. The minimum atomic E-state index is -3.84. The summed E-state index contributed by atoms with van der Waals surface area (Å²) in [5.74, 6) is 0. The van der Waals surface area contributed by atoms with E-state index in [9.17, 15) is 8.42 Å². The van der Waals surface area contributed by atoms with Crippen LogP contribution >= 0.6 is 11.9 Å². The monoisotopic (exact) mass is 207 g/mol. The fraction of sp³-hybridized carbons (Fsp3) is 0. The Balaban J connectivity index is 3.21. The van der Waals surface area contributed by atoms with Gasteiger partial charge in [-0.05, 0) is 18.2 Å². The van der Waals surface area contributed by atoms with Crippen molar-refractivity contribution in [3.63, 3.8) is 0 Å². The van der Waals surface area contributed by atoms with Crippen molar-refractivity contribution in [2.45, 2.75) is 4.90 Å². The molecule has 2 N–H and O–H groups in total. The summed E-state index contributed by atoms with van der Waals surface area (Å²) in [5, 5.41) is 0. The Morgan fingerprint density at radius 3 is 2.58 bits per heavy atom. The lowest BCUT2D eigenvalue weighted by Gasteiger charge is -1.98. The topological polar surface area (TPSA) is 69.4 Å². The van der Waals surface area contributed by atoms with E-state index in [2.05, 4.69) is 3.74 Å². The molecule has 66 valence electrons. The standard InChI is InChI=1S/C6H6ClNO3S/c7-11-12(9,10)6-3-1-2-5(8)4-6/h1-4H,8H2. The molecule has 6 heteroatoms. The molecule has 0 aliphatic carbocycles. The maximum absolute atomic E-state index is 10.9. The largest absolute Gasteiger partial charge is 0.399 e. The van der Waals surface area contributed by atoms with Crippen LogP contribution in [-0.2, 0) is 13.9 Å². The lowest BCUT2D eigenvalue weighted by molar-refractivity contribution is 0.509. The molecule has 1 rings (SSSR count). The van der Waals surface area contributed by atoms with Gasteiger partial charge in [0.1, 0.15) is 0 Å². The molecule has 4 nitrogen and oxygen atoms in total. The SMILES string of the molecule is Nc1cccc(S(=O)(=O)OCl)c1. The maximum atomic E-state index is 10.9. The van der Waals surface area contributed by atoms with Crippen LogP contribution in [0, 0.1) is 0 Å². The fourth-order valence-corrected chi connectivity index (χ4v) is 1.52. The Labute approximate surface area is 75.2 Å². The molecule has 0 saturated carbocycles. The fourth-order valence-electron chi connectivity index (χ4n) is 0.706. The van der Waals surface area contributed by atoms with Crippen molar-refractivity contribution in [2.75, 3.05) is 5.73 Å². The maximum Gasteiger partial charge on any atom is 0.312 e. The van der Waals surface area contributed by atoms with Gasteiger partial charge in [0, 0.05) is 5.69 Å². The lowest BCUT2D eigenvalue weighted by Crippen LogP contribution is -2.00. The molecule has 0 unspecified atom stereocenters. The van der Waals surface area contributed by atoms with Gasteiger partial charge in [-0.1, -0.05) is 6.07 Å². The summed E-state index contributed by atoms with van der Waals surface area (Å²) < 4.78 is 25.7. The van der Waals surface area contributed by atoms with Crippen molar-refractivity contribution in [1.29, 1.82) is 0 Å². The highest BCUT2D eigenvalue weighted by Crippen LogP contribution is 2.15. The number of halogens is 1. The van der Waals surface area contributed by atoms with Gasteiger partial charge >= 0.3 is 10.1 Å². The average Bonchev–Trinajstić information content (AvgIpc) is 2.05. The first-order valence-electron chi connectivity index (χ1n) is 2.97. The molecule has 0 spiro atoms. The summed E-state index contributed by atoms with van der Waals surface area (Å²) in [6.07, 6.45) is 0. The summed E-state index contributed by atoms with van der Waals surface area (Å²) in [6, 6.07) is 5.66. The molecule has 0 aromatic heterocycles. The van der Waals surface area contributed by atoms with Gasteiger partial charge < -0.3 is 5.73 Å². The third-order valence-electron chi connectivity index (χ3n) is 1.23. The van der Waals surface area contributed by atoms with Crippen molar-refractivity contribution < 1.29 is 12.2 Å². The van der Waals surface area contributed by atoms with E-state index < -0.39 is 10.1 Å². The second-order valence-electron chi connectivity index (χ2n) is 2.09. The van der Waals surface area contributed by atoms with Gasteiger partial charge in [0.15, 0.2) is 0 Å². The van der Waals surface area contributed by atoms with Crippen LogP contribution < -0.4 is 5.73 Å². The average molecular weight is 208 g/mol. The van der Waals surface area contributed by atoms with Crippen LogP contribution in [0.15, 0.2) is 29.2 Å². The lowest BCUT2D eigenvalue weighted by atomic mass is 10.3.